The fraction of sp³-hybridized carbons (Fsp3) is 0.692. The molecule has 2 unspecified atom stereocenters. The number of hydrogen-bond donors (Lipinski definition) is 0. The molecule has 0 N–H and O–H groups in total. The van der Waals surface area contributed by atoms with Crippen molar-refractivity contribution in [3.63, 3.8) is 0 Å². The first-order valence-electron chi connectivity index (χ1n) is 6.50. The Morgan fingerprint density at radius 1 is 1.16 bits per heavy atom. The summed E-state index contributed by atoms with van der Waals surface area (Å²) in [7, 11) is 0. The van der Waals surface area contributed by atoms with Crippen LogP contribution in [0.2, 0.25) is 10.3 Å². The minimum atomic E-state index is 0.240. The predicted molar refractivity (Wildman–Crippen MR) is 87.9 cm³/mol. The maximum atomic E-state index is 6.29. The summed E-state index contributed by atoms with van der Waals surface area (Å²) in [6.07, 6.45) is 1.12. The van der Waals surface area contributed by atoms with Crippen molar-refractivity contribution in [2.45, 2.75) is 43.6 Å². The number of thioether (sulfide) groups is 2. The first kappa shape index (κ1) is 15.7. The first-order valence-corrected chi connectivity index (χ1v) is 9.36. The van der Waals surface area contributed by atoms with Gasteiger partial charge >= 0.3 is 0 Å². The van der Waals surface area contributed by atoms with E-state index in [0.717, 1.165) is 23.6 Å². The van der Waals surface area contributed by atoms with E-state index in [-0.39, 0.29) is 5.92 Å². The van der Waals surface area contributed by atoms with Gasteiger partial charge in [0.05, 0.1) is 5.25 Å². The molecule has 1 fully saturated rings. The molecule has 0 amide bonds. The number of aromatic nitrogens is 2. The van der Waals surface area contributed by atoms with Crippen molar-refractivity contribution in [1.29, 1.82) is 0 Å². The Bertz CT molecular complexity index is 431. The average molecular weight is 337 g/mol. The summed E-state index contributed by atoms with van der Waals surface area (Å²) in [6, 6.07) is 0. The molecule has 0 saturated carbocycles. The van der Waals surface area contributed by atoms with Gasteiger partial charge in [-0.25, -0.2) is 9.97 Å². The average Bonchev–Trinajstić information content (AvgIpc) is 2.37. The molecule has 2 heterocycles. The fourth-order valence-electron chi connectivity index (χ4n) is 2.18. The Morgan fingerprint density at radius 3 is 2.26 bits per heavy atom. The van der Waals surface area contributed by atoms with Gasteiger partial charge in [-0.2, -0.15) is 11.8 Å². The standard InChI is InChI=1S/C13H18Cl2N2S2/c1-4-8-10(19-6-5-18-8)13-16-11(14)9(7(2)3)12(15)17-13/h7-8,10H,4-6H2,1-3H3. The molecule has 2 atom stereocenters. The van der Waals surface area contributed by atoms with Crippen LogP contribution in [0.25, 0.3) is 0 Å². The van der Waals surface area contributed by atoms with Gasteiger partial charge in [-0.05, 0) is 12.3 Å². The lowest BCUT2D eigenvalue weighted by Gasteiger charge is -2.29. The normalized spacial score (nSPS) is 23.9. The van der Waals surface area contributed by atoms with E-state index in [0.29, 0.717) is 20.8 Å². The van der Waals surface area contributed by atoms with Crippen molar-refractivity contribution in [2.24, 2.45) is 0 Å². The molecule has 6 heteroatoms. The Kier molecular flexibility index (Phi) is 5.70. The van der Waals surface area contributed by atoms with Gasteiger partial charge in [-0.3, -0.25) is 0 Å². The molecule has 2 nitrogen and oxygen atoms in total. The molecule has 0 aromatic carbocycles. The van der Waals surface area contributed by atoms with Crippen LogP contribution in [0, 0.1) is 0 Å². The largest absolute Gasteiger partial charge is 0.220 e. The topological polar surface area (TPSA) is 25.8 Å². The monoisotopic (exact) mass is 336 g/mol. The van der Waals surface area contributed by atoms with E-state index in [9.17, 15) is 0 Å². The number of hydrogen-bond acceptors (Lipinski definition) is 4. The third-order valence-electron chi connectivity index (χ3n) is 3.15. The van der Waals surface area contributed by atoms with E-state index >= 15 is 0 Å². The lowest BCUT2D eigenvalue weighted by atomic mass is 10.1. The molecule has 0 aliphatic carbocycles. The molecular formula is C13H18Cl2N2S2. The van der Waals surface area contributed by atoms with E-state index in [2.05, 4.69) is 30.7 Å². The van der Waals surface area contributed by atoms with Crippen molar-refractivity contribution < 1.29 is 0 Å². The minimum absolute atomic E-state index is 0.240. The molecule has 1 aromatic rings. The van der Waals surface area contributed by atoms with Crippen LogP contribution >= 0.6 is 46.7 Å². The van der Waals surface area contributed by atoms with Gasteiger partial charge < -0.3 is 0 Å². The molecule has 2 rings (SSSR count). The second kappa shape index (κ2) is 6.88. The zero-order valence-corrected chi connectivity index (χ0v) is 14.5. The number of halogens is 2. The first-order chi connectivity index (χ1) is 9.04. The number of rotatable bonds is 3. The Hall–Kier alpha value is 0.360. The van der Waals surface area contributed by atoms with Crippen LogP contribution in [-0.2, 0) is 0 Å². The fourth-order valence-corrected chi connectivity index (χ4v) is 6.01. The SMILES string of the molecule is CCC1SCCSC1c1nc(Cl)c(C(C)C)c(Cl)n1. The molecule has 0 spiro atoms. The molecule has 19 heavy (non-hydrogen) atoms. The van der Waals surface area contributed by atoms with Crippen LogP contribution in [0.4, 0.5) is 0 Å². The second-order valence-electron chi connectivity index (χ2n) is 4.84. The van der Waals surface area contributed by atoms with Crippen molar-refractivity contribution in [3.8, 4) is 0 Å². The summed E-state index contributed by atoms with van der Waals surface area (Å²) in [4.78, 5) is 9.03. The quantitative estimate of drug-likeness (QED) is 0.708. The summed E-state index contributed by atoms with van der Waals surface area (Å²) < 4.78 is 0. The van der Waals surface area contributed by atoms with Gasteiger partial charge in [0.15, 0.2) is 0 Å². The van der Waals surface area contributed by atoms with E-state index in [4.69, 9.17) is 23.2 Å². The van der Waals surface area contributed by atoms with Crippen molar-refractivity contribution in [1.82, 2.24) is 9.97 Å². The Labute approximate surface area is 133 Å². The minimum Gasteiger partial charge on any atom is -0.220 e. The number of nitrogens with zero attached hydrogens (tertiary/aromatic N) is 2. The third kappa shape index (κ3) is 3.52. The van der Waals surface area contributed by atoms with Crippen molar-refractivity contribution in [2.75, 3.05) is 11.5 Å². The molecule has 106 valence electrons. The van der Waals surface area contributed by atoms with Crippen molar-refractivity contribution in [3.05, 3.63) is 21.7 Å². The van der Waals surface area contributed by atoms with Crippen LogP contribution in [0.3, 0.4) is 0 Å². The second-order valence-corrected chi connectivity index (χ2v) is 8.15. The highest BCUT2D eigenvalue weighted by Crippen LogP contribution is 2.44. The van der Waals surface area contributed by atoms with Crippen LogP contribution in [0.1, 0.15) is 49.7 Å². The van der Waals surface area contributed by atoms with Gasteiger partial charge in [0.1, 0.15) is 16.1 Å². The highest BCUT2D eigenvalue weighted by molar-refractivity contribution is 8.06. The van der Waals surface area contributed by atoms with Gasteiger partial charge in [0.2, 0.25) is 0 Å². The van der Waals surface area contributed by atoms with E-state index < -0.39 is 0 Å². The molecular weight excluding hydrogens is 319 g/mol. The molecule has 1 aromatic heterocycles. The van der Waals surface area contributed by atoms with Crippen LogP contribution < -0.4 is 0 Å². The highest BCUT2D eigenvalue weighted by atomic mass is 35.5. The van der Waals surface area contributed by atoms with Gasteiger partial charge in [-0.15, -0.1) is 11.8 Å². The van der Waals surface area contributed by atoms with Gasteiger partial charge in [-0.1, -0.05) is 44.0 Å². The molecule has 1 aliphatic heterocycles. The molecule has 0 radical (unpaired) electrons. The predicted octanol–water partition coefficient (Wildman–Crippen LogP) is 5.21. The molecule has 1 saturated heterocycles. The summed E-state index contributed by atoms with van der Waals surface area (Å²) in [6.45, 7) is 6.31. The third-order valence-corrected chi connectivity index (χ3v) is 6.97. The lowest BCUT2D eigenvalue weighted by Crippen LogP contribution is -2.21. The van der Waals surface area contributed by atoms with Crippen molar-refractivity contribution >= 4 is 46.7 Å². The molecule has 0 bridgehead atoms. The summed E-state index contributed by atoms with van der Waals surface area (Å²) >= 11 is 16.5. The lowest BCUT2D eigenvalue weighted by molar-refractivity contribution is 0.739. The van der Waals surface area contributed by atoms with Gasteiger partial charge in [0, 0.05) is 22.3 Å². The summed E-state index contributed by atoms with van der Waals surface area (Å²) in [5, 5.41) is 1.88. The highest BCUT2D eigenvalue weighted by Gasteiger charge is 2.30. The maximum absolute atomic E-state index is 6.29. The van der Waals surface area contributed by atoms with E-state index in [1.165, 1.54) is 5.75 Å². The smallest absolute Gasteiger partial charge is 0.145 e. The van der Waals surface area contributed by atoms with Crippen LogP contribution in [0.15, 0.2) is 0 Å². The van der Waals surface area contributed by atoms with E-state index in [1.54, 1.807) is 0 Å². The maximum Gasteiger partial charge on any atom is 0.145 e. The Morgan fingerprint density at radius 2 is 1.74 bits per heavy atom. The Balaban J connectivity index is 2.35. The summed E-state index contributed by atoms with van der Waals surface area (Å²) in [5.41, 5.74) is 0.855. The van der Waals surface area contributed by atoms with Crippen LogP contribution in [-0.4, -0.2) is 26.7 Å². The van der Waals surface area contributed by atoms with E-state index in [1.807, 2.05) is 23.5 Å². The van der Waals surface area contributed by atoms with Crippen LogP contribution in [0.5, 0.6) is 0 Å². The zero-order valence-electron chi connectivity index (χ0n) is 11.3. The summed E-state index contributed by atoms with van der Waals surface area (Å²) in [5.74, 6) is 3.37. The molecule has 1 aliphatic rings. The van der Waals surface area contributed by atoms with Gasteiger partial charge in [0.25, 0.3) is 0 Å². The zero-order chi connectivity index (χ0) is 14.0.